The van der Waals surface area contributed by atoms with Gasteiger partial charge in [0, 0.05) is 5.92 Å². The Kier molecular flexibility index (Phi) is 4.35. The molecule has 2 rings (SSSR count). The average molecular weight is 264 g/mol. The smallest absolute Gasteiger partial charge is 0.211 e. The van der Waals surface area contributed by atoms with Crippen LogP contribution >= 0.6 is 0 Å². The van der Waals surface area contributed by atoms with E-state index in [1.165, 1.54) is 12.2 Å². The minimum absolute atomic E-state index is 0.0959. The Morgan fingerprint density at radius 3 is 1.70 bits per heavy atom. The zero-order chi connectivity index (χ0) is 14.4. The Bertz CT molecular complexity index is 650. The van der Waals surface area contributed by atoms with Crippen LogP contribution in [0.25, 0.3) is 0 Å². The molecule has 0 aliphatic carbocycles. The Hall–Kier alpha value is -2.80. The summed E-state index contributed by atoms with van der Waals surface area (Å²) in [5.41, 5.74) is 3.19. The molecule has 0 fully saturated rings. The van der Waals surface area contributed by atoms with Gasteiger partial charge in [-0.3, -0.25) is 0 Å². The number of hydrogen-bond donors (Lipinski definition) is 0. The summed E-state index contributed by atoms with van der Waals surface area (Å²) >= 11 is 0. The maximum atomic E-state index is 10.3. The first-order valence-electron chi connectivity index (χ1n) is 6.10. The average Bonchev–Trinajstić information content (AvgIpc) is 2.48. The van der Waals surface area contributed by atoms with E-state index < -0.39 is 0 Å². The van der Waals surface area contributed by atoms with Crippen LogP contribution in [0.2, 0.25) is 0 Å². The molecule has 2 aromatic carbocycles. The van der Waals surface area contributed by atoms with E-state index in [0.29, 0.717) is 11.4 Å². The largest absolute Gasteiger partial charge is 0.240 e. The van der Waals surface area contributed by atoms with Crippen LogP contribution in [0.15, 0.2) is 58.5 Å². The fraction of sp³-hybridized carbons (Fsp3) is 0.125. The number of hydrogen-bond acceptors (Lipinski definition) is 4. The van der Waals surface area contributed by atoms with Crippen LogP contribution in [0.4, 0.5) is 11.4 Å². The van der Waals surface area contributed by atoms with Crippen LogP contribution in [0.3, 0.4) is 0 Å². The molecule has 0 aliphatic rings. The Labute approximate surface area is 116 Å². The standard InChI is InChI=1S/C16H12N2O2/c1-12(13-4-2-6-15(8-13)17-10-19)14-5-3-7-16(9-14)18-11-20/h2-9,12H,1H3. The monoisotopic (exact) mass is 264 g/mol. The number of rotatable bonds is 4. The molecule has 0 saturated heterocycles. The van der Waals surface area contributed by atoms with Crippen molar-refractivity contribution >= 4 is 23.5 Å². The van der Waals surface area contributed by atoms with Crippen molar-refractivity contribution in [1.82, 2.24) is 0 Å². The van der Waals surface area contributed by atoms with Gasteiger partial charge in [0.1, 0.15) is 0 Å². The molecular weight excluding hydrogens is 252 g/mol. The Morgan fingerprint density at radius 1 is 0.850 bits per heavy atom. The summed E-state index contributed by atoms with van der Waals surface area (Å²) in [5, 5.41) is 0. The first-order chi connectivity index (χ1) is 9.74. The number of isocyanates is 2. The summed E-state index contributed by atoms with van der Waals surface area (Å²) in [6.45, 7) is 2.04. The molecule has 0 saturated carbocycles. The summed E-state index contributed by atoms with van der Waals surface area (Å²) in [4.78, 5) is 27.8. The van der Waals surface area contributed by atoms with E-state index in [1.54, 1.807) is 12.1 Å². The molecule has 4 nitrogen and oxygen atoms in total. The summed E-state index contributed by atoms with van der Waals surface area (Å²) in [6.07, 6.45) is 3.07. The van der Waals surface area contributed by atoms with Crippen LogP contribution < -0.4 is 0 Å². The third kappa shape index (κ3) is 3.15. The van der Waals surface area contributed by atoms with Gasteiger partial charge in [0.25, 0.3) is 0 Å². The molecule has 0 atom stereocenters. The zero-order valence-electron chi connectivity index (χ0n) is 10.9. The van der Waals surface area contributed by atoms with E-state index in [4.69, 9.17) is 0 Å². The molecule has 0 radical (unpaired) electrons. The van der Waals surface area contributed by atoms with Gasteiger partial charge in [-0.2, -0.15) is 9.98 Å². The second-order valence-electron chi connectivity index (χ2n) is 4.32. The van der Waals surface area contributed by atoms with Crippen molar-refractivity contribution < 1.29 is 9.59 Å². The van der Waals surface area contributed by atoms with Gasteiger partial charge >= 0.3 is 0 Å². The summed E-state index contributed by atoms with van der Waals surface area (Å²) in [6, 6.07) is 14.8. The van der Waals surface area contributed by atoms with Crippen LogP contribution in [-0.4, -0.2) is 12.2 Å². The van der Waals surface area contributed by atoms with E-state index >= 15 is 0 Å². The van der Waals surface area contributed by atoms with Crippen molar-refractivity contribution in [2.24, 2.45) is 9.98 Å². The van der Waals surface area contributed by atoms with Crippen molar-refractivity contribution in [3.8, 4) is 0 Å². The zero-order valence-corrected chi connectivity index (χ0v) is 10.9. The molecule has 0 heterocycles. The lowest BCUT2D eigenvalue weighted by molar-refractivity contribution is 0.564. The van der Waals surface area contributed by atoms with Gasteiger partial charge in [0.15, 0.2) is 0 Å². The van der Waals surface area contributed by atoms with Gasteiger partial charge < -0.3 is 0 Å². The molecule has 0 spiro atoms. The highest BCUT2D eigenvalue weighted by Crippen LogP contribution is 2.28. The van der Waals surface area contributed by atoms with E-state index in [-0.39, 0.29) is 5.92 Å². The summed E-state index contributed by atoms with van der Waals surface area (Å²) in [7, 11) is 0. The van der Waals surface area contributed by atoms with Crippen LogP contribution in [0.1, 0.15) is 24.0 Å². The van der Waals surface area contributed by atoms with Crippen molar-refractivity contribution in [2.75, 3.05) is 0 Å². The minimum Gasteiger partial charge on any atom is -0.211 e. The quantitative estimate of drug-likeness (QED) is 0.623. The predicted molar refractivity (Wildman–Crippen MR) is 76.0 cm³/mol. The molecule has 20 heavy (non-hydrogen) atoms. The highest BCUT2D eigenvalue weighted by Gasteiger charge is 2.09. The van der Waals surface area contributed by atoms with E-state index in [2.05, 4.69) is 9.98 Å². The van der Waals surface area contributed by atoms with Crippen LogP contribution in [-0.2, 0) is 9.59 Å². The third-order valence-electron chi connectivity index (χ3n) is 3.09. The van der Waals surface area contributed by atoms with Gasteiger partial charge in [-0.1, -0.05) is 31.2 Å². The molecule has 0 amide bonds. The van der Waals surface area contributed by atoms with E-state index in [9.17, 15) is 9.59 Å². The van der Waals surface area contributed by atoms with Gasteiger partial charge in [-0.15, -0.1) is 0 Å². The highest BCUT2D eigenvalue weighted by molar-refractivity contribution is 5.53. The first kappa shape index (κ1) is 13.6. The van der Waals surface area contributed by atoms with Gasteiger partial charge in [0.2, 0.25) is 12.2 Å². The van der Waals surface area contributed by atoms with Crippen molar-refractivity contribution in [2.45, 2.75) is 12.8 Å². The normalized spacial score (nSPS) is 11.1. The molecular formula is C16H12N2O2. The maximum absolute atomic E-state index is 10.3. The molecule has 4 heteroatoms. The second kappa shape index (κ2) is 6.39. The molecule has 0 aliphatic heterocycles. The topological polar surface area (TPSA) is 58.9 Å². The lowest BCUT2D eigenvalue weighted by Crippen LogP contribution is -1.95. The summed E-state index contributed by atoms with van der Waals surface area (Å²) < 4.78 is 0. The van der Waals surface area contributed by atoms with Gasteiger partial charge in [-0.05, 0) is 35.4 Å². The highest BCUT2D eigenvalue weighted by atomic mass is 16.1. The van der Waals surface area contributed by atoms with Gasteiger partial charge in [0.05, 0.1) is 11.4 Å². The van der Waals surface area contributed by atoms with Crippen LogP contribution in [0.5, 0.6) is 0 Å². The summed E-state index contributed by atoms with van der Waals surface area (Å²) in [5.74, 6) is 0.0959. The molecule has 0 unspecified atom stereocenters. The fourth-order valence-corrected chi connectivity index (χ4v) is 2.03. The fourth-order valence-electron chi connectivity index (χ4n) is 2.03. The number of aliphatic imine (C=N–C) groups is 2. The van der Waals surface area contributed by atoms with Crippen molar-refractivity contribution in [3.05, 3.63) is 59.7 Å². The lowest BCUT2D eigenvalue weighted by Gasteiger charge is -2.13. The molecule has 0 aromatic heterocycles. The lowest BCUT2D eigenvalue weighted by atomic mass is 9.92. The molecule has 2 aromatic rings. The van der Waals surface area contributed by atoms with Crippen LogP contribution in [0, 0.1) is 0 Å². The first-order valence-corrected chi connectivity index (χ1v) is 6.10. The second-order valence-corrected chi connectivity index (χ2v) is 4.32. The molecule has 0 bridgehead atoms. The predicted octanol–water partition coefficient (Wildman–Crippen LogP) is 3.77. The minimum atomic E-state index is 0.0959. The Morgan fingerprint density at radius 2 is 1.30 bits per heavy atom. The van der Waals surface area contributed by atoms with Crippen molar-refractivity contribution in [1.29, 1.82) is 0 Å². The number of benzene rings is 2. The number of carbonyl (C=O) groups excluding carboxylic acids is 2. The third-order valence-corrected chi connectivity index (χ3v) is 3.09. The maximum Gasteiger partial charge on any atom is 0.240 e. The number of nitrogens with zero attached hydrogens (tertiary/aromatic N) is 2. The van der Waals surface area contributed by atoms with Crippen molar-refractivity contribution in [3.63, 3.8) is 0 Å². The van der Waals surface area contributed by atoms with E-state index in [0.717, 1.165) is 11.1 Å². The Balaban J connectivity index is 2.37. The van der Waals surface area contributed by atoms with Gasteiger partial charge in [-0.25, -0.2) is 9.59 Å². The molecule has 0 N–H and O–H groups in total. The van der Waals surface area contributed by atoms with E-state index in [1.807, 2.05) is 43.3 Å². The SMILES string of the molecule is CC(c1cccc(N=C=O)c1)c1cccc(N=C=O)c1. The molecule has 98 valence electrons.